The summed E-state index contributed by atoms with van der Waals surface area (Å²) in [6.45, 7) is 2.90. The molecule has 1 atom stereocenters. The van der Waals surface area contributed by atoms with E-state index < -0.39 is 0 Å². The van der Waals surface area contributed by atoms with E-state index in [9.17, 15) is 4.79 Å². The molecule has 4 heterocycles. The van der Waals surface area contributed by atoms with Crippen LogP contribution in [-0.2, 0) is 28.7 Å². The molecule has 2 saturated heterocycles. The molecule has 1 aromatic heterocycles. The molecule has 7 nitrogen and oxygen atoms in total. The minimum absolute atomic E-state index is 0.0885. The summed E-state index contributed by atoms with van der Waals surface area (Å²) in [5, 5.41) is 6.61. The molecule has 0 radical (unpaired) electrons. The maximum Gasteiger partial charge on any atom is 0.270 e. The molecular formula is C24H30N4O3. The highest BCUT2D eigenvalue weighted by atomic mass is 16.5. The smallest absolute Gasteiger partial charge is 0.270 e. The van der Waals surface area contributed by atoms with Crippen molar-refractivity contribution in [3.05, 3.63) is 53.0 Å². The van der Waals surface area contributed by atoms with E-state index in [0.717, 1.165) is 75.6 Å². The molecule has 1 spiro atoms. The monoisotopic (exact) mass is 422 g/mol. The van der Waals surface area contributed by atoms with Crippen LogP contribution in [0, 0.1) is 0 Å². The molecule has 2 aromatic rings. The second kappa shape index (κ2) is 8.93. The summed E-state index contributed by atoms with van der Waals surface area (Å²) in [5.74, 6) is 1.45. The lowest BCUT2D eigenvalue weighted by atomic mass is 9.84. The van der Waals surface area contributed by atoms with Crippen LogP contribution in [0.1, 0.15) is 53.1 Å². The van der Waals surface area contributed by atoms with E-state index in [-0.39, 0.29) is 17.6 Å². The lowest BCUT2D eigenvalue weighted by Crippen LogP contribution is -2.48. The first-order valence-corrected chi connectivity index (χ1v) is 11.4. The van der Waals surface area contributed by atoms with E-state index in [4.69, 9.17) is 14.5 Å². The molecule has 7 heteroatoms. The Balaban J connectivity index is 1.37. The summed E-state index contributed by atoms with van der Waals surface area (Å²) < 4.78 is 11.7. The van der Waals surface area contributed by atoms with Crippen LogP contribution in [0.5, 0.6) is 0 Å². The number of ether oxygens (including phenoxy) is 2. The highest BCUT2D eigenvalue weighted by Crippen LogP contribution is 2.35. The molecule has 1 amide bonds. The Bertz CT molecular complexity index is 922. The van der Waals surface area contributed by atoms with Crippen LogP contribution < -0.4 is 10.6 Å². The van der Waals surface area contributed by atoms with Crippen LogP contribution in [0.25, 0.3) is 0 Å². The van der Waals surface area contributed by atoms with Crippen LogP contribution in [0.2, 0.25) is 0 Å². The highest BCUT2D eigenvalue weighted by Gasteiger charge is 2.39. The van der Waals surface area contributed by atoms with Crippen molar-refractivity contribution in [3.63, 3.8) is 0 Å². The summed E-state index contributed by atoms with van der Waals surface area (Å²) in [6, 6.07) is 10.6. The Morgan fingerprint density at radius 3 is 2.77 bits per heavy atom. The number of nitrogens with one attached hydrogen (secondary N) is 2. The predicted octanol–water partition coefficient (Wildman–Crippen LogP) is 2.69. The van der Waals surface area contributed by atoms with Crippen molar-refractivity contribution >= 4 is 11.7 Å². The van der Waals surface area contributed by atoms with Crippen molar-refractivity contribution in [1.82, 2.24) is 15.3 Å². The number of aryl methyl sites for hydroxylation is 2. The topological polar surface area (TPSA) is 85.4 Å². The Hall–Kier alpha value is -2.51. The summed E-state index contributed by atoms with van der Waals surface area (Å²) in [6.07, 6.45) is 6.07. The third-order valence-electron chi connectivity index (χ3n) is 6.65. The fourth-order valence-electron chi connectivity index (χ4n) is 4.91. The lowest BCUT2D eigenvalue weighted by Gasteiger charge is -2.43. The second-order valence-corrected chi connectivity index (χ2v) is 8.79. The average molecular weight is 423 g/mol. The Morgan fingerprint density at radius 2 is 1.94 bits per heavy atom. The van der Waals surface area contributed by atoms with Gasteiger partial charge >= 0.3 is 0 Å². The largest absolute Gasteiger partial charge is 0.381 e. The van der Waals surface area contributed by atoms with Crippen LogP contribution in [0.3, 0.4) is 0 Å². The Kier molecular flexibility index (Phi) is 5.87. The van der Waals surface area contributed by atoms with E-state index in [0.29, 0.717) is 18.7 Å². The van der Waals surface area contributed by atoms with Gasteiger partial charge in [0.2, 0.25) is 0 Å². The number of nitrogens with zero attached hydrogens (tertiary/aromatic N) is 2. The van der Waals surface area contributed by atoms with Gasteiger partial charge in [0.05, 0.1) is 5.60 Å². The molecule has 2 fully saturated rings. The first-order chi connectivity index (χ1) is 15.2. The second-order valence-electron chi connectivity index (χ2n) is 8.79. The zero-order chi connectivity index (χ0) is 21.1. The van der Waals surface area contributed by atoms with Gasteiger partial charge in [0.15, 0.2) is 0 Å². The number of benzene rings is 1. The molecular weight excluding hydrogens is 392 g/mol. The van der Waals surface area contributed by atoms with Gasteiger partial charge in [0, 0.05) is 44.4 Å². The third-order valence-corrected chi connectivity index (χ3v) is 6.65. The Morgan fingerprint density at radius 1 is 1.10 bits per heavy atom. The van der Waals surface area contributed by atoms with E-state index in [2.05, 4.69) is 27.8 Å². The van der Waals surface area contributed by atoms with E-state index in [1.807, 2.05) is 18.2 Å². The first-order valence-electron chi connectivity index (χ1n) is 11.4. The van der Waals surface area contributed by atoms with Gasteiger partial charge in [0.25, 0.3) is 5.91 Å². The van der Waals surface area contributed by atoms with Crippen LogP contribution in [-0.4, -0.2) is 53.9 Å². The lowest BCUT2D eigenvalue weighted by molar-refractivity contribution is -0.135. The SMILES string of the molecule is O=C1NCCc2c(NC3CCOC4(CCOCC4)C3)nc(CCc3ccccc3)nc21. The van der Waals surface area contributed by atoms with Crippen molar-refractivity contribution < 1.29 is 14.3 Å². The van der Waals surface area contributed by atoms with Gasteiger partial charge in [-0.15, -0.1) is 0 Å². The molecule has 3 aliphatic heterocycles. The summed E-state index contributed by atoms with van der Waals surface area (Å²) >= 11 is 0. The van der Waals surface area contributed by atoms with Crippen LogP contribution >= 0.6 is 0 Å². The zero-order valence-corrected chi connectivity index (χ0v) is 17.9. The molecule has 1 unspecified atom stereocenters. The van der Waals surface area contributed by atoms with Gasteiger partial charge in [-0.3, -0.25) is 4.79 Å². The van der Waals surface area contributed by atoms with Crippen molar-refractivity contribution in [2.24, 2.45) is 0 Å². The number of hydrogen-bond acceptors (Lipinski definition) is 6. The van der Waals surface area contributed by atoms with E-state index in [1.165, 1.54) is 5.56 Å². The molecule has 2 N–H and O–H groups in total. The maximum atomic E-state index is 12.5. The van der Waals surface area contributed by atoms with E-state index in [1.54, 1.807) is 0 Å². The van der Waals surface area contributed by atoms with Crippen molar-refractivity contribution in [3.8, 4) is 0 Å². The molecule has 164 valence electrons. The van der Waals surface area contributed by atoms with Crippen LogP contribution in [0.15, 0.2) is 30.3 Å². The summed E-state index contributed by atoms with van der Waals surface area (Å²) in [5.41, 5.74) is 2.63. The van der Waals surface area contributed by atoms with Gasteiger partial charge in [-0.25, -0.2) is 9.97 Å². The fraction of sp³-hybridized carbons (Fsp3) is 0.542. The quantitative estimate of drug-likeness (QED) is 0.771. The number of carbonyl (C=O) groups is 1. The predicted molar refractivity (Wildman–Crippen MR) is 117 cm³/mol. The molecule has 5 rings (SSSR count). The highest BCUT2D eigenvalue weighted by molar-refractivity contribution is 5.96. The average Bonchev–Trinajstić information content (AvgIpc) is 2.80. The standard InChI is InChI=1S/C24H30N4O3/c29-23-21-19(8-12-25-23)22(28-20(27-21)7-6-17-4-2-1-3-5-17)26-18-9-13-31-24(16-18)10-14-30-15-11-24/h1-5,18H,6-16H2,(H,25,29)(H,26,27,28). The maximum absolute atomic E-state index is 12.5. The van der Waals surface area contributed by atoms with Gasteiger partial charge < -0.3 is 20.1 Å². The van der Waals surface area contributed by atoms with Gasteiger partial charge in [-0.2, -0.15) is 0 Å². The Labute approximate surface area is 183 Å². The zero-order valence-electron chi connectivity index (χ0n) is 17.9. The van der Waals surface area contributed by atoms with Crippen molar-refractivity contribution in [1.29, 1.82) is 0 Å². The number of anilines is 1. The normalized spacial score (nSPS) is 22.6. The summed E-state index contributed by atoms with van der Waals surface area (Å²) in [7, 11) is 0. The minimum atomic E-state index is -0.0967. The number of rotatable bonds is 5. The number of carbonyl (C=O) groups excluding carboxylic acids is 1. The number of fused-ring (bicyclic) bond motifs is 1. The van der Waals surface area contributed by atoms with Crippen molar-refractivity contribution in [2.45, 2.75) is 56.6 Å². The van der Waals surface area contributed by atoms with Crippen LogP contribution in [0.4, 0.5) is 5.82 Å². The molecule has 0 saturated carbocycles. The van der Waals surface area contributed by atoms with Gasteiger partial charge in [-0.05, 0) is 44.1 Å². The third kappa shape index (κ3) is 4.57. The molecule has 0 aliphatic carbocycles. The summed E-state index contributed by atoms with van der Waals surface area (Å²) in [4.78, 5) is 22.1. The van der Waals surface area contributed by atoms with Gasteiger partial charge in [-0.1, -0.05) is 30.3 Å². The fourth-order valence-corrected chi connectivity index (χ4v) is 4.91. The molecule has 3 aliphatic rings. The molecule has 1 aromatic carbocycles. The minimum Gasteiger partial charge on any atom is -0.381 e. The molecule has 31 heavy (non-hydrogen) atoms. The number of aromatic nitrogens is 2. The van der Waals surface area contributed by atoms with Crippen molar-refractivity contribution in [2.75, 3.05) is 31.7 Å². The number of amides is 1. The molecule has 0 bridgehead atoms. The number of hydrogen-bond donors (Lipinski definition) is 2. The van der Waals surface area contributed by atoms with E-state index >= 15 is 0 Å². The van der Waals surface area contributed by atoms with Gasteiger partial charge in [0.1, 0.15) is 17.3 Å². The first kappa shape index (κ1) is 20.4.